The first-order valence-corrected chi connectivity index (χ1v) is 5.27. The molecule has 1 aliphatic heterocycles. The molecule has 3 rings (SSSR count). The maximum Gasteiger partial charge on any atom is 0.183 e. The van der Waals surface area contributed by atoms with Crippen molar-refractivity contribution in [1.29, 1.82) is 0 Å². The van der Waals surface area contributed by atoms with E-state index in [1.54, 1.807) is 6.33 Å². The quantitative estimate of drug-likeness (QED) is 0.758. The summed E-state index contributed by atoms with van der Waals surface area (Å²) in [5.41, 5.74) is 1.73. The fraction of sp³-hybridized carbons (Fsp3) is 0.500. The Balaban J connectivity index is 2.18. The number of nitrogens with zero attached hydrogens (tertiary/aromatic N) is 4. The zero-order valence-electron chi connectivity index (χ0n) is 8.69. The second kappa shape index (κ2) is 3.18. The Bertz CT molecular complexity index is 484. The minimum absolute atomic E-state index is 0.768. The number of aromatic nitrogens is 4. The lowest BCUT2D eigenvalue weighted by atomic mass is 10.4. The van der Waals surface area contributed by atoms with Gasteiger partial charge in [0, 0.05) is 13.1 Å². The van der Waals surface area contributed by atoms with Crippen LogP contribution in [0.5, 0.6) is 0 Å². The Labute approximate surface area is 87.6 Å². The molecule has 3 heterocycles. The summed E-state index contributed by atoms with van der Waals surface area (Å²) in [4.78, 5) is 18.4. The van der Waals surface area contributed by atoms with Crippen LogP contribution in [0.15, 0.2) is 6.33 Å². The van der Waals surface area contributed by atoms with Gasteiger partial charge in [-0.25, -0.2) is 15.0 Å². The molecule has 0 unspecified atom stereocenters. The van der Waals surface area contributed by atoms with Crippen molar-refractivity contribution in [3.63, 3.8) is 0 Å². The number of aromatic amines is 1. The van der Waals surface area contributed by atoms with E-state index in [2.05, 4.69) is 24.8 Å². The van der Waals surface area contributed by atoms with Crippen molar-refractivity contribution in [3.05, 3.63) is 12.2 Å². The molecule has 1 N–H and O–H groups in total. The molecular formula is C10H13N5. The maximum atomic E-state index is 4.50. The van der Waals surface area contributed by atoms with E-state index >= 15 is 0 Å². The van der Waals surface area contributed by atoms with Gasteiger partial charge in [0.1, 0.15) is 11.3 Å². The standard InChI is InChI=1S/C10H13N5/c1-7-13-9-8(11-6-12-9)10(14-7)15-4-2-3-5-15/h6H,2-5H2,1H3,(H,11,12,13,14). The van der Waals surface area contributed by atoms with Crippen molar-refractivity contribution in [1.82, 2.24) is 19.9 Å². The van der Waals surface area contributed by atoms with Crippen LogP contribution in [-0.2, 0) is 0 Å². The summed E-state index contributed by atoms with van der Waals surface area (Å²) in [6.45, 7) is 4.09. The molecule has 1 aliphatic rings. The van der Waals surface area contributed by atoms with Crippen LogP contribution >= 0.6 is 0 Å². The maximum absolute atomic E-state index is 4.50. The second-order valence-electron chi connectivity index (χ2n) is 3.89. The molecule has 1 fully saturated rings. The lowest BCUT2D eigenvalue weighted by Crippen LogP contribution is -2.20. The number of fused-ring (bicyclic) bond motifs is 1. The lowest BCUT2D eigenvalue weighted by Gasteiger charge is -2.16. The highest BCUT2D eigenvalue weighted by Crippen LogP contribution is 2.24. The number of H-pyrrole nitrogens is 1. The summed E-state index contributed by atoms with van der Waals surface area (Å²) in [5.74, 6) is 1.80. The molecule has 0 radical (unpaired) electrons. The highest BCUT2D eigenvalue weighted by atomic mass is 15.2. The highest BCUT2D eigenvalue weighted by Gasteiger charge is 2.18. The van der Waals surface area contributed by atoms with Crippen molar-refractivity contribution < 1.29 is 0 Å². The number of aryl methyl sites for hydroxylation is 1. The van der Waals surface area contributed by atoms with Crippen LogP contribution in [-0.4, -0.2) is 33.0 Å². The molecular weight excluding hydrogens is 190 g/mol. The van der Waals surface area contributed by atoms with Crippen LogP contribution in [0, 0.1) is 6.92 Å². The predicted octanol–water partition coefficient (Wildman–Crippen LogP) is 1.26. The zero-order valence-corrected chi connectivity index (χ0v) is 8.69. The van der Waals surface area contributed by atoms with Crippen molar-refractivity contribution in [2.45, 2.75) is 19.8 Å². The lowest BCUT2D eigenvalue weighted by molar-refractivity contribution is 0.922. The Kier molecular flexibility index (Phi) is 1.83. The zero-order chi connectivity index (χ0) is 10.3. The molecule has 0 atom stereocenters. The van der Waals surface area contributed by atoms with Crippen molar-refractivity contribution in [2.24, 2.45) is 0 Å². The van der Waals surface area contributed by atoms with Crippen LogP contribution in [0.2, 0.25) is 0 Å². The number of imidazole rings is 1. The third-order valence-corrected chi connectivity index (χ3v) is 2.78. The molecule has 2 aromatic rings. The van der Waals surface area contributed by atoms with E-state index in [0.717, 1.165) is 35.9 Å². The molecule has 15 heavy (non-hydrogen) atoms. The number of nitrogens with one attached hydrogen (secondary N) is 1. The molecule has 5 heteroatoms. The Hall–Kier alpha value is -1.65. The normalized spacial score (nSPS) is 16.5. The third-order valence-electron chi connectivity index (χ3n) is 2.78. The van der Waals surface area contributed by atoms with Gasteiger partial charge in [-0.1, -0.05) is 0 Å². The average Bonchev–Trinajstić information content (AvgIpc) is 2.86. The molecule has 0 bridgehead atoms. The van der Waals surface area contributed by atoms with Crippen LogP contribution in [0.1, 0.15) is 18.7 Å². The molecule has 0 amide bonds. The topological polar surface area (TPSA) is 57.7 Å². The van der Waals surface area contributed by atoms with Gasteiger partial charge < -0.3 is 9.88 Å². The van der Waals surface area contributed by atoms with E-state index in [0.29, 0.717) is 0 Å². The summed E-state index contributed by atoms with van der Waals surface area (Å²) >= 11 is 0. The molecule has 2 aromatic heterocycles. The van der Waals surface area contributed by atoms with Crippen molar-refractivity contribution >= 4 is 17.0 Å². The van der Waals surface area contributed by atoms with Gasteiger partial charge in [0.25, 0.3) is 0 Å². The van der Waals surface area contributed by atoms with Gasteiger partial charge in [-0.05, 0) is 19.8 Å². The van der Waals surface area contributed by atoms with E-state index in [9.17, 15) is 0 Å². The molecule has 0 spiro atoms. The monoisotopic (exact) mass is 203 g/mol. The highest BCUT2D eigenvalue weighted by molar-refractivity contribution is 5.83. The van der Waals surface area contributed by atoms with Gasteiger partial charge in [0.05, 0.1) is 6.33 Å². The molecule has 0 aliphatic carbocycles. The van der Waals surface area contributed by atoms with E-state index in [1.165, 1.54) is 12.8 Å². The first kappa shape index (κ1) is 8.64. The minimum atomic E-state index is 0.768. The van der Waals surface area contributed by atoms with Gasteiger partial charge in [0.15, 0.2) is 11.5 Å². The molecule has 0 saturated carbocycles. The molecule has 1 saturated heterocycles. The SMILES string of the molecule is Cc1nc(N2CCCC2)c2[nH]cnc2n1. The second-order valence-corrected chi connectivity index (χ2v) is 3.89. The first-order valence-electron chi connectivity index (χ1n) is 5.27. The number of hydrogen-bond acceptors (Lipinski definition) is 4. The third kappa shape index (κ3) is 1.35. The first-order chi connectivity index (χ1) is 7.34. The van der Waals surface area contributed by atoms with E-state index in [1.807, 2.05) is 6.92 Å². The summed E-state index contributed by atoms with van der Waals surface area (Å²) in [5, 5.41) is 0. The van der Waals surface area contributed by atoms with Crippen LogP contribution in [0.4, 0.5) is 5.82 Å². The van der Waals surface area contributed by atoms with E-state index in [4.69, 9.17) is 0 Å². The molecule has 78 valence electrons. The summed E-state index contributed by atoms with van der Waals surface area (Å²) in [6.07, 6.45) is 4.18. The van der Waals surface area contributed by atoms with Crippen LogP contribution in [0.25, 0.3) is 11.2 Å². The smallest absolute Gasteiger partial charge is 0.183 e. The molecule has 0 aromatic carbocycles. The Morgan fingerprint density at radius 2 is 2.07 bits per heavy atom. The number of rotatable bonds is 1. The average molecular weight is 203 g/mol. The molecule has 5 nitrogen and oxygen atoms in total. The van der Waals surface area contributed by atoms with E-state index in [-0.39, 0.29) is 0 Å². The van der Waals surface area contributed by atoms with Crippen LogP contribution in [0.3, 0.4) is 0 Å². The van der Waals surface area contributed by atoms with E-state index < -0.39 is 0 Å². The fourth-order valence-corrected chi connectivity index (χ4v) is 2.08. The number of hydrogen-bond donors (Lipinski definition) is 1. The number of anilines is 1. The fourth-order valence-electron chi connectivity index (χ4n) is 2.08. The van der Waals surface area contributed by atoms with Gasteiger partial charge in [-0.2, -0.15) is 0 Å². The predicted molar refractivity (Wildman–Crippen MR) is 57.9 cm³/mol. The minimum Gasteiger partial charge on any atom is -0.355 e. The summed E-state index contributed by atoms with van der Waals surface area (Å²) in [7, 11) is 0. The summed E-state index contributed by atoms with van der Waals surface area (Å²) in [6, 6.07) is 0. The summed E-state index contributed by atoms with van der Waals surface area (Å²) < 4.78 is 0. The Morgan fingerprint density at radius 1 is 1.27 bits per heavy atom. The van der Waals surface area contributed by atoms with Crippen molar-refractivity contribution in [3.8, 4) is 0 Å². The van der Waals surface area contributed by atoms with Crippen molar-refractivity contribution in [2.75, 3.05) is 18.0 Å². The van der Waals surface area contributed by atoms with Gasteiger partial charge in [-0.3, -0.25) is 0 Å². The Morgan fingerprint density at radius 3 is 2.87 bits per heavy atom. The van der Waals surface area contributed by atoms with Crippen LogP contribution < -0.4 is 4.90 Å². The van der Waals surface area contributed by atoms with Gasteiger partial charge in [0.2, 0.25) is 0 Å². The largest absolute Gasteiger partial charge is 0.355 e. The van der Waals surface area contributed by atoms with Gasteiger partial charge in [-0.15, -0.1) is 0 Å². The van der Waals surface area contributed by atoms with Gasteiger partial charge >= 0.3 is 0 Å².